The number of aromatic nitrogens is 2. The smallest absolute Gasteiger partial charge is 0.272 e. The number of amides is 1. The fourth-order valence-electron chi connectivity index (χ4n) is 5.38. The Bertz CT molecular complexity index is 1330. The van der Waals surface area contributed by atoms with Crippen LogP contribution in [0.4, 0.5) is 5.82 Å². The van der Waals surface area contributed by atoms with Gasteiger partial charge in [0, 0.05) is 56.9 Å². The van der Waals surface area contributed by atoms with E-state index in [1.54, 1.807) is 0 Å². The molecule has 1 amide bonds. The topological polar surface area (TPSA) is 68.4 Å². The van der Waals surface area contributed by atoms with E-state index in [1.165, 1.54) is 11.1 Å². The predicted octanol–water partition coefficient (Wildman–Crippen LogP) is 3.97. The second kappa shape index (κ2) is 10.7. The van der Waals surface area contributed by atoms with E-state index in [9.17, 15) is 10.1 Å². The molecule has 0 saturated carbocycles. The fraction of sp³-hybridized carbons (Fsp3) is 0.393. The molecule has 1 aromatic carbocycles. The zero-order valence-corrected chi connectivity index (χ0v) is 21.9. The number of nitriles is 1. The summed E-state index contributed by atoms with van der Waals surface area (Å²) in [7, 11) is 2.08. The Balaban J connectivity index is 0.00000304. The maximum atomic E-state index is 13.6. The van der Waals surface area contributed by atoms with Crippen LogP contribution in [-0.2, 0) is 25.9 Å². The average Bonchev–Trinajstić information content (AvgIpc) is 3.14. The molecule has 0 radical (unpaired) electrons. The summed E-state index contributed by atoms with van der Waals surface area (Å²) >= 11 is 0. The summed E-state index contributed by atoms with van der Waals surface area (Å²) in [6.45, 7) is 11.3. The van der Waals surface area contributed by atoms with E-state index in [0.29, 0.717) is 31.7 Å². The van der Waals surface area contributed by atoms with Gasteiger partial charge in [-0.15, -0.1) is 19.0 Å². The first-order chi connectivity index (χ1) is 17.0. The zero-order valence-electron chi connectivity index (χ0n) is 21.0. The van der Waals surface area contributed by atoms with Gasteiger partial charge in [-0.05, 0) is 43.1 Å². The number of hydrogen-bond acceptors (Lipinski definition) is 5. The van der Waals surface area contributed by atoms with Gasteiger partial charge < -0.3 is 19.3 Å². The third-order valence-electron chi connectivity index (χ3n) is 7.42. The number of carbonyl (C=O) groups is 1. The van der Waals surface area contributed by atoms with Crippen molar-refractivity contribution in [2.45, 2.75) is 32.9 Å². The number of pyridine rings is 1. The maximum Gasteiger partial charge on any atom is 0.272 e. The molecule has 4 heterocycles. The number of likely N-dealkylation sites (N-methyl/N-ethyl adjacent to an activating group) is 1. The Morgan fingerprint density at radius 1 is 1.17 bits per heavy atom. The molecule has 36 heavy (non-hydrogen) atoms. The largest absolute Gasteiger partial charge is 0.350 e. The molecule has 0 aliphatic carbocycles. The van der Waals surface area contributed by atoms with Gasteiger partial charge in [0.2, 0.25) is 0 Å². The summed E-state index contributed by atoms with van der Waals surface area (Å²) in [4.78, 5) is 25.1. The third kappa shape index (κ3) is 4.59. The number of rotatable bonds is 5. The van der Waals surface area contributed by atoms with E-state index < -0.39 is 0 Å². The van der Waals surface area contributed by atoms with Crippen molar-refractivity contribution >= 4 is 35.0 Å². The van der Waals surface area contributed by atoms with Crippen LogP contribution in [0, 0.1) is 18.3 Å². The molecule has 0 spiro atoms. The highest BCUT2D eigenvalue weighted by Gasteiger charge is 2.28. The highest BCUT2D eigenvalue weighted by Crippen LogP contribution is 2.36. The summed E-state index contributed by atoms with van der Waals surface area (Å²) in [6, 6.07) is 12.8. The van der Waals surface area contributed by atoms with E-state index in [1.807, 2.05) is 24.0 Å². The van der Waals surface area contributed by atoms with Crippen LogP contribution < -0.4 is 4.90 Å². The number of carbonyl (C=O) groups excluding carboxylic acids is 1. The lowest BCUT2D eigenvalue weighted by Gasteiger charge is -2.33. The van der Waals surface area contributed by atoms with Crippen LogP contribution in [0.1, 0.15) is 32.9 Å². The molecule has 3 aromatic rings. The van der Waals surface area contributed by atoms with E-state index in [-0.39, 0.29) is 18.3 Å². The van der Waals surface area contributed by atoms with Crippen molar-refractivity contribution in [1.82, 2.24) is 19.4 Å². The zero-order chi connectivity index (χ0) is 24.5. The van der Waals surface area contributed by atoms with Gasteiger partial charge in [0.25, 0.3) is 5.91 Å². The van der Waals surface area contributed by atoms with Gasteiger partial charge in [0.15, 0.2) is 5.82 Å². The molecule has 0 bridgehead atoms. The molecule has 2 aliphatic heterocycles. The van der Waals surface area contributed by atoms with Crippen LogP contribution in [0.25, 0.3) is 10.9 Å². The van der Waals surface area contributed by atoms with Gasteiger partial charge in [0.1, 0.15) is 5.69 Å². The number of nitrogens with zero attached hydrogens (tertiary/aromatic N) is 6. The minimum Gasteiger partial charge on any atom is -0.350 e. The molecule has 0 atom stereocenters. The molecule has 188 valence electrons. The number of piperazine rings is 1. The summed E-state index contributed by atoms with van der Waals surface area (Å²) in [5.74, 6) is 0.791. The van der Waals surface area contributed by atoms with Crippen molar-refractivity contribution in [3.63, 3.8) is 0 Å². The van der Waals surface area contributed by atoms with Gasteiger partial charge in [-0.1, -0.05) is 30.3 Å². The highest BCUT2D eigenvalue weighted by molar-refractivity contribution is 6.01. The van der Waals surface area contributed by atoms with Gasteiger partial charge in [-0.2, -0.15) is 5.26 Å². The summed E-state index contributed by atoms with van der Waals surface area (Å²) in [6.07, 6.45) is 3.10. The number of halogens is 1. The molecule has 2 aromatic heterocycles. The van der Waals surface area contributed by atoms with E-state index in [4.69, 9.17) is 4.98 Å². The number of benzene rings is 1. The second-order valence-corrected chi connectivity index (χ2v) is 9.56. The number of anilines is 1. The Morgan fingerprint density at radius 3 is 2.58 bits per heavy atom. The molecule has 5 rings (SSSR count). The summed E-state index contributed by atoms with van der Waals surface area (Å²) < 4.78 is 2.20. The van der Waals surface area contributed by atoms with Crippen molar-refractivity contribution < 1.29 is 4.79 Å². The molecule has 1 saturated heterocycles. The highest BCUT2D eigenvalue weighted by atomic mass is 35.5. The minimum atomic E-state index is -0.0318. The van der Waals surface area contributed by atoms with Crippen molar-refractivity contribution in [3.05, 3.63) is 71.1 Å². The monoisotopic (exact) mass is 504 g/mol. The van der Waals surface area contributed by atoms with Crippen molar-refractivity contribution in [3.8, 4) is 6.07 Å². The van der Waals surface area contributed by atoms with Crippen LogP contribution in [0.3, 0.4) is 0 Å². The molecule has 2 aliphatic rings. The van der Waals surface area contributed by atoms with Crippen LogP contribution >= 0.6 is 12.4 Å². The molecule has 1 fully saturated rings. The minimum absolute atomic E-state index is 0. The quantitative estimate of drug-likeness (QED) is 0.492. The average molecular weight is 505 g/mol. The Hall–Kier alpha value is -3.34. The first kappa shape index (κ1) is 25.7. The van der Waals surface area contributed by atoms with Crippen LogP contribution in [-0.4, -0.2) is 65.0 Å². The number of hydrogen-bond donors (Lipinski definition) is 0. The number of fused-ring (bicyclic) bond motifs is 2. The van der Waals surface area contributed by atoms with Crippen molar-refractivity contribution in [2.75, 3.05) is 44.7 Å². The summed E-state index contributed by atoms with van der Waals surface area (Å²) in [5.41, 5.74) is 6.12. The van der Waals surface area contributed by atoms with Crippen LogP contribution in [0.5, 0.6) is 0 Å². The second-order valence-electron chi connectivity index (χ2n) is 9.56. The first-order valence-corrected chi connectivity index (χ1v) is 12.3. The molecule has 8 heteroatoms. The Morgan fingerprint density at radius 2 is 1.89 bits per heavy atom. The van der Waals surface area contributed by atoms with E-state index in [0.717, 1.165) is 60.6 Å². The van der Waals surface area contributed by atoms with Crippen molar-refractivity contribution in [1.29, 1.82) is 5.26 Å². The lowest BCUT2D eigenvalue weighted by molar-refractivity contribution is 0.0658. The SMILES string of the molecule is C=CCn1c(C)c(CC#N)c2cc(C(=O)N3CCN(C)CC3)nc(N3CCc4ccccc4C3)c21.Cl. The molecule has 7 nitrogen and oxygen atoms in total. The normalized spacial score (nSPS) is 15.8. The van der Waals surface area contributed by atoms with Gasteiger partial charge >= 0.3 is 0 Å². The molecule has 0 N–H and O–H groups in total. The van der Waals surface area contributed by atoms with Crippen molar-refractivity contribution in [2.24, 2.45) is 0 Å². The number of allylic oxidation sites excluding steroid dienone is 1. The van der Waals surface area contributed by atoms with Gasteiger partial charge in [-0.3, -0.25) is 4.79 Å². The van der Waals surface area contributed by atoms with E-state index in [2.05, 4.69) is 58.3 Å². The third-order valence-corrected chi connectivity index (χ3v) is 7.42. The molecular weight excluding hydrogens is 472 g/mol. The molecular formula is C28H33ClN6O. The predicted molar refractivity (Wildman–Crippen MR) is 146 cm³/mol. The lowest BCUT2D eigenvalue weighted by atomic mass is 9.99. The molecule has 0 unspecified atom stereocenters. The van der Waals surface area contributed by atoms with Crippen LogP contribution in [0.15, 0.2) is 43.0 Å². The summed E-state index contributed by atoms with van der Waals surface area (Å²) in [5, 5.41) is 10.5. The Kier molecular flexibility index (Phi) is 7.67. The van der Waals surface area contributed by atoms with Crippen LogP contribution in [0.2, 0.25) is 0 Å². The lowest BCUT2D eigenvalue weighted by Crippen LogP contribution is -2.47. The fourth-order valence-corrected chi connectivity index (χ4v) is 5.38. The Labute approximate surface area is 219 Å². The van der Waals surface area contributed by atoms with E-state index >= 15 is 0 Å². The standard InChI is InChI=1S/C28H32N6O.ClH/c1-4-12-34-20(2)23(9-11-29)24-18-25(28(35)32-16-14-31(3)15-17-32)30-27(26(24)34)33-13-10-21-7-5-6-8-22(21)19-33;/h4-8,18H,1,9-10,12-17,19H2,2-3H3;1H. The first-order valence-electron chi connectivity index (χ1n) is 12.3. The van der Waals surface area contributed by atoms with Gasteiger partial charge in [0.05, 0.1) is 18.0 Å². The maximum absolute atomic E-state index is 13.6. The van der Waals surface area contributed by atoms with Gasteiger partial charge in [-0.25, -0.2) is 4.98 Å².